The lowest BCUT2D eigenvalue weighted by Crippen LogP contribution is -2.03. The lowest BCUT2D eigenvalue weighted by Gasteiger charge is -2.12. The minimum atomic E-state index is -0.480. The van der Waals surface area contributed by atoms with E-state index in [1.54, 1.807) is 44.0 Å². The van der Waals surface area contributed by atoms with Gasteiger partial charge in [0.15, 0.2) is 0 Å². The lowest BCUT2D eigenvalue weighted by molar-refractivity contribution is 0.402. The van der Waals surface area contributed by atoms with Crippen LogP contribution in [-0.2, 0) is 0 Å². The fraction of sp³-hybridized carbons (Fsp3) is 0.107. The molecule has 36 heavy (non-hydrogen) atoms. The molecule has 8 heteroatoms. The zero-order chi connectivity index (χ0) is 25.2. The van der Waals surface area contributed by atoms with E-state index in [1.165, 1.54) is 11.3 Å². The standard InChI is InChI=1S/C28H21N3O4S/c1-16-10-26(34-3)22(12-25(16)33-2)30-14-18(13-29)27-31-23(15-36-27)21-11-20-19-7-5-4-6-17(19)8-9-24(20)35-28(21)32/h4-12,14-15,30H,1-3H3/b18-14-. The highest BCUT2D eigenvalue weighted by Crippen LogP contribution is 2.34. The number of nitriles is 1. The molecule has 3 aromatic carbocycles. The van der Waals surface area contributed by atoms with Crippen molar-refractivity contribution in [2.24, 2.45) is 0 Å². The maximum atomic E-state index is 12.8. The number of aryl methyl sites for hydroxylation is 1. The van der Waals surface area contributed by atoms with Crippen LogP contribution in [0.5, 0.6) is 11.5 Å². The Hall–Kier alpha value is -4.61. The molecule has 7 nitrogen and oxygen atoms in total. The maximum absolute atomic E-state index is 12.8. The van der Waals surface area contributed by atoms with Gasteiger partial charge in [0, 0.05) is 23.0 Å². The number of thiazole rings is 1. The molecule has 0 saturated carbocycles. The zero-order valence-electron chi connectivity index (χ0n) is 19.8. The quantitative estimate of drug-likeness (QED) is 0.166. The molecule has 5 aromatic rings. The molecule has 5 rings (SSSR count). The summed E-state index contributed by atoms with van der Waals surface area (Å²) in [7, 11) is 3.17. The molecular formula is C28H21N3O4S. The van der Waals surface area contributed by atoms with Crippen molar-refractivity contribution in [3.63, 3.8) is 0 Å². The number of aromatic nitrogens is 1. The molecule has 2 aromatic heterocycles. The molecular weight excluding hydrogens is 474 g/mol. The molecule has 0 unspecified atom stereocenters. The minimum absolute atomic E-state index is 0.309. The van der Waals surface area contributed by atoms with Crippen LogP contribution in [-0.4, -0.2) is 19.2 Å². The van der Waals surface area contributed by atoms with E-state index < -0.39 is 5.63 Å². The van der Waals surface area contributed by atoms with Crippen LogP contribution < -0.4 is 20.4 Å². The highest BCUT2D eigenvalue weighted by atomic mass is 32.1. The summed E-state index contributed by atoms with van der Waals surface area (Å²) in [6.45, 7) is 1.92. The number of rotatable bonds is 6. The van der Waals surface area contributed by atoms with Crippen LogP contribution in [0.1, 0.15) is 10.6 Å². The lowest BCUT2D eigenvalue weighted by atomic mass is 10.0. The highest BCUT2D eigenvalue weighted by Gasteiger charge is 2.15. The van der Waals surface area contributed by atoms with Crippen LogP contribution in [0.3, 0.4) is 0 Å². The van der Waals surface area contributed by atoms with Gasteiger partial charge in [-0.15, -0.1) is 11.3 Å². The smallest absolute Gasteiger partial charge is 0.345 e. The van der Waals surface area contributed by atoms with Crippen LogP contribution in [0.2, 0.25) is 0 Å². The Morgan fingerprint density at radius 1 is 1.08 bits per heavy atom. The Labute approximate surface area is 210 Å². The molecule has 1 N–H and O–H groups in total. The number of anilines is 1. The van der Waals surface area contributed by atoms with Gasteiger partial charge in [-0.3, -0.25) is 0 Å². The van der Waals surface area contributed by atoms with Crippen LogP contribution in [0.25, 0.3) is 38.6 Å². The van der Waals surface area contributed by atoms with Gasteiger partial charge in [-0.05, 0) is 41.5 Å². The number of fused-ring (bicyclic) bond motifs is 3. The summed E-state index contributed by atoms with van der Waals surface area (Å²) in [5.74, 6) is 1.31. The first kappa shape index (κ1) is 23.1. The van der Waals surface area contributed by atoms with Gasteiger partial charge in [0.1, 0.15) is 33.7 Å². The number of methoxy groups -OCH3 is 2. The van der Waals surface area contributed by atoms with Gasteiger partial charge < -0.3 is 19.2 Å². The first-order valence-electron chi connectivity index (χ1n) is 11.0. The number of nitrogens with one attached hydrogen (secondary N) is 1. The third kappa shape index (κ3) is 4.17. The zero-order valence-corrected chi connectivity index (χ0v) is 20.6. The molecule has 0 radical (unpaired) electrons. The number of nitrogens with zero attached hydrogens (tertiary/aromatic N) is 2. The van der Waals surface area contributed by atoms with Crippen molar-refractivity contribution in [1.29, 1.82) is 5.26 Å². The fourth-order valence-corrected chi connectivity index (χ4v) is 4.81. The molecule has 0 aliphatic rings. The summed E-state index contributed by atoms with van der Waals surface area (Å²) in [5, 5.41) is 18.0. The van der Waals surface area contributed by atoms with Gasteiger partial charge in [0.2, 0.25) is 0 Å². The summed E-state index contributed by atoms with van der Waals surface area (Å²) < 4.78 is 16.4. The number of benzene rings is 3. The predicted molar refractivity (Wildman–Crippen MR) is 143 cm³/mol. The molecule has 178 valence electrons. The van der Waals surface area contributed by atoms with Gasteiger partial charge in [-0.1, -0.05) is 30.3 Å². The summed E-state index contributed by atoms with van der Waals surface area (Å²) >= 11 is 1.27. The number of ether oxygens (including phenoxy) is 2. The van der Waals surface area contributed by atoms with Crippen molar-refractivity contribution >= 4 is 44.3 Å². The molecule has 0 aliphatic heterocycles. The Morgan fingerprint density at radius 3 is 2.67 bits per heavy atom. The van der Waals surface area contributed by atoms with E-state index in [1.807, 2.05) is 43.3 Å². The molecule has 0 spiro atoms. The average molecular weight is 496 g/mol. The second-order valence-corrected chi connectivity index (χ2v) is 8.88. The van der Waals surface area contributed by atoms with Gasteiger partial charge in [0.25, 0.3) is 0 Å². The summed E-state index contributed by atoms with van der Waals surface area (Å²) in [6.07, 6.45) is 1.56. The largest absolute Gasteiger partial charge is 0.496 e. The summed E-state index contributed by atoms with van der Waals surface area (Å²) in [6, 6.07) is 19.3. The molecule has 0 amide bonds. The van der Waals surface area contributed by atoms with E-state index in [0.29, 0.717) is 44.6 Å². The number of hydrogen-bond acceptors (Lipinski definition) is 8. The van der Waals surface area contributed by atoms with Crippen molar-refractivity contribution in [2.45, 2.75) is 6.92 Å². The number of hydrogen-bond donors (Lipinski definition) is 1. The van der Waals surface area contributed by atoms with Gasteiger partial charge in [-0.2, -0.15) is 5.26 Å². The van der Waals surface area contributed by atoms with Crippen molar-refractivity contribution in [1.82, 2.24) is 4.98 Å². The van der Waals surface area contributed by atoms with Crippen molar-refractivity contribution in [3.8, 4) is 28.8 Å². The molecule has 0 aliphatic carbocycles. The Morgan fingerprint density at radius 2 is 1.89 bits per heavy atom. The fourth-order valence-electron chi connectivity index (χ4n) is 4.03. The van der Waals surface area contributed by atoms with E-state index in [-0.39, 0.29) is 0 Å². The summed E-state index contributed by atoms with van der Waals surface area (Å²) in [5.41, 5.74) is 2.71. The molecule has 0 atom stereocenters. The molecule has 0 bridgehead atoms. The van der Waals surface area contributed by atoms with Crippen molar-refractivity contribution in [3.05, 3.63) is 87.2 Å². The van der Waals surface area contributed by atoms with Crippen molar-refractivity contribution < 1.29 is 13.9 Å². The average Bonchev–Trinajstić information content (AvgIpc) is 3.38. The predicted octanol–water partition coefficient (Wildman–Crippen LogP) is 6.37. The molecule has 2 heterocycles. The second kappa shape index (κ2) is 9.56. The summed E-state index contributed by atoms with van der Waals surface area (Å²) in [4.78, 5) is 17.3. The van der Waals surface area contributed by atoms with E-state index >= 15 is 0 Å². The van der Waals surface area contributed by atoms with Crippen LogP contribution >= 0.6 is 11.3 Å². The molecule has 0 fully saturated rings. The van der Waals surface area contributed by atoms with Crippen LogP contribution in [0, 0.1) is 18.3 Å². The Bertz CT molecular complexity index is 1740. The molecule has 0 saturated heterocycles. The van der Waals surface area contributed by atoms with Crippen LogP contribution in [0.4, 0.5) is 5.69 Å². The van der Waals surface area contributed by atoms with Gasteiger partial charge in [-0.25, -0.2) is 9.78 Å². The third-order valence-electron chi connectivity index (χ3n) is 5.86. The highest BCUT2D eigenvalue weighted by molar-refractivity contribution is 7.11. The number of allylic oxidation sites excluding steroid dienone is 1. The minimum Gasteiger partial charge on any atom is -0.496 e. The topological polar surface area (TPSA) is 97.4 Å². The van der Waals surface area contributed by atoms with E-state index in [9.17, 15) is 10.1 Å². The van der Waals surface area contributed by atoms with Gasteiger partial charge >= 0.3 is 5.63 Å². The van der Waals surface area contributed by atoms with Gasteiger partial charge in [0.05, 0.1) is 31.2 Å². The van der Waals surface area contributed by atoms with E-state index in [4.69, 9.17) is 13.9 Å². The Balaban J connectivity index is 1.52. The third-order valence-corrected chi connectivity index (χ3v) is 6.74. The van der Waals surface area contributed by atoms with E-state index in [2.05, 4.69) is 16.4 Å². The van der Waals surface area contributed by atoms with Crippen molar-refractivity contribution in [2.75, 3.05) is 19.5 Å². The second-order valence-electron chi connectivity index (χ2n) is 8.02. The first-order valence-corrected chi connectivity index (χ1v) is 11.9. The monoisotopic (exact) mass is 495 g/mol. The Kier molecular flexibility index (Phi) is 6.15. The van der Waals surface area contributed by atoms with Crippen LogP contribution in [0.15, 0.2) is 75.4 Å². The normalized spacial score (nSPS) is 11.4. The maximum Gasteiger partial charge on any atom is 0.345 e. The SMILES string of the molecule is COc1cc(N/C=C(/C#N)c2nc(-c3cc4c(ccc5ccccc54)oc3=O)cs2)c(OC)cc1C. The first-order chi connectivity index (χ1) is 17.5. The van der Waals surface area contributed by atoms with E-state index in [0.717, 1.165) is 21.7 Å².